The van der Waals surface area contributed by atoms with Crippen LogP contribution in [0.3, 0.4) is 0 Å². The molecule has 122 valence electrons. The van der Waals surface area contributed by atoms with Crippen molar-refractivity contribution in [3.8, 4) is 0 Å². The van der Waals surface area contributed by atoms with E-state index in [9.17, 15) is 24.1 Å². The molecule has 0 heterocycles. The fourth-order valence-electron chi connectivity index (χ4n) is 1.51. The molecule has 0 aliphatic heterocycles. The minimum atomic E-state index is -3.28. The summed E-state index contributed by atoms with van der Waals surface area (Å²) in [5, 5.41) is 10.9. The SMILES string of the molecule is C[C@@H](C(=O)[O-])N(C(=O)CCCP(C)(=O)O)C(=O)C(C)(N)N.[Na+]. The number of carbonyl (C=O) groups excluding carboxylic acids is 3. The molecular formula is C11H21N3NaO6P. The largest absolute Gasteiger partial charge is 1.00 e. The van der Waals surface area contributed by atoms with E-state index in [1.54, 1.807) is 0 Å². The van der Waals surface area contributed by atoms with Crippen LogP contribution in [0.15, 0.2) is 0 Å². The Hall–Kier alpha value is -0.280. The van der Waals surface area contributed by atoms with Gasteiger partial charge in [0.1, 0.15) is 5.66 Å². The minimum absolute atomic E-state index is 0. The predicted octanol–water partition coefficient (Wildman–Crippen LogP) is -5.20. The van der Waals surface area contributed by atoms with Crippen LogP contribution < -0.4 is 46.1 Å². The first-order chi connectivity index (χ1) is 9.27. The van der Waals surface area contributed by atoms with Gasteiger partial charge in [-0.2, -0.15) is 0 Å². The Morgan fingerprint density at radius 2 is 1.82 bits per heavy atom. The van der Waals surface area contributed by atoms with Crippen molar-refractivity contribution in [2.75, 3.05) is 12.8 Å². The Balaban J connectivity index is 0. The molecule has 0 aliphatic carbocycles. The molecule has 0 rings (SSSR count). The van der Waals surface area contributed by atoms with E-state index in [1.165, 1.54) is 0 Å². The molecule has 22 heavy (non-hydrogen) atoms. The van der Waals surface area contributed by atoms with Gasteiger partial charge in [-0.25, -0.2) is 0 Å². The van der Waals surface area contributed by atoms with E-state index in [1.807, 2.05) is 0 Å². The zero-order valence-corrected chi connectivity index (χ0v) is 16.1. The molecule has 9 nitrogen and oxygen atoms in total. The number of hydrogen-bond donors (Lipinski definition) is 3. The summed E-state index contributed by atoms with van der Waals surface area (Å²) in [5.74, 6) is -3.54. The second-order valence-corrected chi connectivity index (χ2v) is 7.77. The number of nitrogens with two attached hydrogens (primary N) is 2. The van der Waals surface area contributed by atoms with Crippen LogP contribution in [0, 0.1) is 0 Å². The summed E-state index contributed by atoms with van der Waals surface area (Å²) in [6.45, 7) is 3.36. The third kappa shape index (κ3) is 8.38. The van der Waals surface area contributed by atoms with Crippen molar-refractivity contribution < 1.29 is 58.5 Å². The molecule has 5 N–H and O–H groups in total. The summed E-state index contributed by atoms with van der Waals surface area (Å²) in [7, 11) is -3.28. The molecule has 2 amide bonds. The van der Waals surface area contributed by atoms with Crippen molar-refractivity contribution in [2.24, 2.45) is 11.5 Å². The van der Waals surface area contributed by atoms with Gasteiger partial charge in [0.25, 0.3) is 5.91 Å². The Labute approximate surface area is 151 Å². The van der Waals surface area contributed by atoms with Gasteiger partial charge < -0.3 is 26.3 Å². The first-order valence-electron chi connectivity index (χ1n) is 6.21. The molecule has 0 fully saturated rings. The van der Waals surface area contributed by atoms with E-state index in [0.717, 1.165) is 20.5 Å². The molecule has 2 atom stereocenters. The number of carbonyl (C=O) groups is 3. The van der Waals surface area contributed by atoms with Crippen molar-refractivity contribution in [1.29, 1.82) is 0 Å². The molecule has 0 aliphatic rings. The van der Waals surface area contributed by atoms with Crippen LogP contribution in [0.4, 0.5) is 0 Å². The molecule has 0 radical (unpaired) electrons. The van der Waals surface area contributed by atoms with Crippen LogP contribution in [0.25, 0.3) is 0 Å². The average molecular weight is 345 g/mol. The summed E-state index contributed by atoms with van der Waals surface area (Å²) in [6.07, 6.45) is -0.376. The number of hydrogen-bond acceptors (Lipinski definition) is 7. The fourth-order valence-corrected chi connectivity index (χ4v) is 2.26. The number of rotatable bonds is 7. The molecule has 0 aromatic carbocycles. The van der Waals surface area contributed by atoms with E-state index < -0.39 is 36.9 Å². The van der Waals surface area contributed by atoms with Crippen molar-refractivity contribution >= 4 is 25.2 Å². The van der Waals surface area contributed by atoms with Gasteiger partial charge in [-0.1, -0.05) is 0 Å². The van der Waals surface area contributed by atoms with Crippen molar-refractivity contribution in [1.82, 2.24) is 4.90 Å². The average Bonchev–Trinajstić information content (AvgIpc) is 2.25. The van der Waals surface area contributed by atoms with Gasteiger partial charge in [0, 0.05) is 19.2 Å². The van der Waals surface area contributed by atoms with Crippen LogP contribution in [-0.4, -0.2) is 52.1 Å². The maximum absolute atomic E-state index is 12.0. The number of aliphatic carboxylic acids is 1. The van der Waals surface area contributed by atoms with Gasteiger partial charge in [0.05, 0.1) is 12.0 Å². The van der Waals surface area contributed by atoms with E-state index in [4.69, 9.17) is 16.4 Å². The third-order valence-electron chi connectivity index (χ3n) is 2.64. The van der Waals surface area contributed by atoms with E-state index >= 15 is 0 Å². The summed E-state index contributed by atoms with van der Waals surface area (Å²) in [5.41, 5.74) is 8.86. The van der Waals surface area contributed by atoms with E-state index in [-0.39, 0.29) is 48.6 Å². The van der Waals surface area contributed by atoms with E-state index in [2.05, 4.69) is 0 Å². The summed E-state index contributed by atoms with van der Waals surface area (Å²) < 4.78 is 11.1. The van der Waals surface area contributed by atoms with Crippen molar-refractivity contribution in [3.63, 3.8) is 0 Å². The second kappa shape index (κ2) is 9.12. The fraction of sp³-hybridized carbons (Fsp3) is 0.727. The van der Waals surface area contributed by atoms with Gasteiger partial charge in [0.2, 0.25) is 5.91 Å². The van der Waals surface area contributed by atoms with Crippen LogP contribution >= 0.6 is 7.37 Å². The van der Waals surface area contributed by atoms with Crippen molar-refractivity contribution in [3.05, 3.63) is 0 Å². The first-order valence-corrected chi connectivity index (χ1v) is 8.51. The Morgan fingerprint density at radius 3 is 2.14 bits per heavy atom. The maximum atomic E-state index is 12.0. The van der Waals surface area contributed by atoms with Gasteiger partial charge >= 0.3 is 29.6 Å². The quantitative estimate of drug-likeness (QED) is 0.234. The standard InChI is InChI=1S/C11H22N3O6P.Na/c1-7(9(16)17)14(10(18)11(2,12)13)8(15)5-4-6-21(3,19)20;/h7H,4-6,12-13H2,1-3H3,(H,16,17)(H,19,20);/q;+1/p-1/t7-;/m0./s1. The molecule has 0 saturated heterocycles. The minimum Gasteiger partial charge on any atom is -0.548 e. The van der Waals surface area contributed by atoms with Gasteiger partial charge in [-0.3, -0.25) is 19.1 Å². The molecular weight excluding hydrogens is 324 g/mol. The smallest absolute Gasteiger partial charge is 0.548 e. The molecule has 0 aromatic heterocycles. The first kappa shape index (κ1) is 24.0. The Morgan fingerprint density at radius 1 is 1.36 bits per heavy atom. The summed E-state index contributed by atoms with van der Waals surface area (Å²) in [6, 6.07) is -1.54. The van der Waals surface area contributed by atoms with Gasteiger partial charge in [0.15, 0.2) is 7.37 Å². The molecule has 0 saturated carbocycles. The number of carboxylic acid groups (broad SMARTS) is 1. The summed E-state index contributed by atoms with van der Waals surface area (Å²) in [4.78, 5) is 44.4. The maximum Gasteiger partial charge on any atom is 1.00 e. The Bertz CT molecular complexity index is 473. The van der Waals surface area contributed by atoms with E-state index in [0.29, 0.717) is 4.90 Å². The number of nitrogens with zero attached hydrogens (tertiary/aromatic N) is 1. The molecule has 0 bridgehead atoms. The Kier molecular flexibility index (Phi) is 9.94. The monoisotopic (exact) mass is 345 g/mol. The second-order valence-electron chi connectivity index (χ2n) is 5.22. The topological polar surface area (TPSA) is 167 Å². The summed E-state index contributed by atoms with van der Waals surface area (Å²) >= 11 is 0. The molecule has 0 spiro atoms. The molecule has 0 aromatic rings. The van der Waals surface area contributed by atoms with Gasteiger partial charge in [-0.05, 0) is 20.3 Å². The number of carboxylic acids is 1. The van der Waals surface area contributed by atoms with Crippen LogP contribution in [0.5, 0.6) is 0 Å². The van der Waals surface area contributed by atoms with Crippen LogP contribution in [-0.2, 0) is 18.9 Å². The number of imide groups is 1. The zero-order valence-electron chi connectivity index (χ0n) is 13.2. The normalized spacial score (nSPS) is 15.2. The van der Waals surface area contributed by atoms with Crippen LogP contribution in [0.2, 0.25) is 0 Å². The van der Waals surface area contributed by atoms with Gasteiger partial charge in [-0.15, -0.1) is 0 Å². The molecule has 11 heteroatoms. The number of amides is 2. The molecule has 1 unspecified atom stereocenters. The predicted molar refractivity (Wildman–Crippen MR) is 73.0 cm³/mol. The zero-order chi connectivity index (χ0) is 17.0. The third-order valence-corrected chi connectivity index (χ3v) is 3.79. The van der Waals surface area contributed by atoms with Crippen molar-refractivity contribution in [2.45, 2.75) is 38.4 Å². The van der Waals surface area contributed by atoms with Crippen LogP contribution in [0.1, 0.15) is 26.7 Å².